The van der Waals surface area contributed by atoms with Crippen LogP contribution in [0.2, 0.25) is 0 Å². The van der Waals surface area contributed by atoms with Crippen molar-refractivity contribution in [1.82, 2.24) is 0 Å². The summed E-state index contributed by atoms with van der Waals surface area (Å²) in [6.45, 7) is 2.18. The number of allylic oxidation sites excluding steroid dienone is 3. The minimum atomic E-state index is 1.03. The summed E-state index contributed by atoms with van der Waals surface area (Å²) >= 11 is 0. The van der Waals surface area contributed by atoms with Crippen molar-refractivity contribution in [3.63, 3.8) is 0 Å². The second-order valence-electron chi connectivity index (χ2n) is 6.92. The molecule has 2 nitrogen and oxygen atoms in total. The fraction of sp³-hybridized carbons (Fsp3) is 0.120. The van der Waals surface area contributed by atoms with E-state index in [1.165, 1.54) is 28.1 Å². The molecule has 2 heteroatoms. The lowest BCUT2D eigenvalue weighted by atomic mass is 10.0. The number of para-hydroxylation sites is 2. The highest BCUT2D eigenvalue weighted by Crippen LogP contribution is 2.34. The Hall–Kier alpha value is -3.26. The van der Waals surface area contributed by atoms with Gasteiger partial charge >= 0.3 is 0 Å². The van der Waals surface area contributed by atoms with E-state index in [-0.39, 0.29) is 0 Å². The van der Waals surface area contributed by atoms with Gasteiger partial charge in [0.05, 0.1) is 11.4 Å². The average Bonchev–Trinajstić information content (AvgIpc) is 3.13. The van der Waals surface area contributed by atoms with Crippen LogP contribution >= 0.6 is 0 Å². The van der Waals surface area contributed by atoms with Gasteiger partial charge in [0, 0.05) is 18.4 Å². The van der Waals surface area contributed by atoms with Crippen LogP contribution < -0.4 is 10.2 Å². The molecule has 0 spiro atoms. The van der Waals surface area contributed by atoms with Gasteiger partial charge < -0.3 is 10.2 Å². The number of rotatable bonds is 5. The molecule has 1 aliphatic carbocycles. The minimum Gasteiger partial charge on any atom is -0.354 e. The maximum atomic E-state index is 3.61. The summed E-state index contributed by atoms with van der Waals surface area (Å²) < 4.78 is 0. The first kappa shape index (κ1) is 17.2. The third-order valence-corrected chi connectivity index (χ3v) is 5.04. The van der Waals surface area contributed by atoms with Crippen LogP contribution in [0.1, 0.15) is 13.3 Å². The molecule has 134 valence electrons. The molecule has 0 amide bonds. The zero-order valence-corrected chi connectivity index (χ0v) is 15.8. The Bertz CT molecular complexity index is 1000. The second kappa shape index (κ2) is 7.55. The molecule has 3 aromatic carbocycles. The largest absolute Gasteiger partial charge is 0.354 e. The molecule has 1 aliphatic rings. The Balaban J connectivity index is 1.67. The van der Waals surface area contributed by atoms with Crippen LogP contribution in [0, 0.1) is 0 Å². The fourth-order valence-corrected chi connectivity index (χ4v) is 3.43. The topological polar surface area (TPSA) is 15.3 Å². The Morgan fingerprint density at radius 3 is 2.33 bits per heavy atom. The van der Waals surface area contributed by atoms with Crippen molar-refractivity contribution in [2.45, 2.75) is 13.3 Å². The second-order valence-corrected chi connectivity index (χ2v) is 6.92. The third kappa shape index (κ3) is 3.65. The molecule has 0 bridgehead atoms. The van der Waals surface area contributed by atoms with Crippen LogP contribution in [0.3, 0.4) is 0 Å². The van der Waals surface area contributed by atoms with Gasteiger partial charge in [0.15, 0.2) is 0 Å². The van der Waals surface area contributed by atoms with E-state index in [4.69, 9.17) is 0 Å². The molecule has 3 aromatic rings. The van der Waals surface area contributed by atoms with Gasteiger partial charge in [0.2, 0.25) is 0 Å². The van der Waals surface area contributed by atoms with E-state index in [1.54, 1.807) is 0 Å². The molecule has 0 atom stereocenters. The number of hydrogen-bond donors (Lipinski definition) is 1. The van der Waals surface area contributed by atoms with E-state index in [9.17, 15) is 0 Å². The quantitative estimate of drug-likeness (QED) is 0.545. The predicted molar refractivity (Wildman–Crippen MR) is 116 cm³/mol. The van der Waals surface area contributed by atoms with E-state index in [0.29, 0.717) is 0 Å². The molecule has 0 fully saturated rings. The van der Waals surface area contributed by atoms with Crippen LogP contribution in [-0.4, -0.2) is 7.05 Å². The molecule has 0 unspecified atom stereocenters. The summed E-state index contributed by atoms with van der Waals surface area (Å²) in [7, 11) is 2.12. The highest BCUT2D eigenvalue weighted by molar-refractivity contribution is 5.79. The van der Waals surface area contributed by atoms with Crippen molar-refractivity contribution < 1.29 is 0 Å². The average molecular weight is 352 g/mol. The van der Waals surface area contributed by atoms with E-state index >= 15 is 0 Å². The molecule has 0 aliphatic heterocycles. The Morgan fingerprint density at radius 2 is 1.56 bits per heavy atom. The highest BCUT2D eigenvalue weighted by Gasteiger charge is 2.12. The van der Waals surface area contributed by atoms with Crippen LogP contribution in [0.4, 0.5) is 17.1 Å². The van der Waals surface area contributed by atoms with E-state index in [1.807, 2.05) is 0 Å². The lowest BCUT2D eigenvalue weighted by Gasteiger charge is -2.24. The van der Waals surface area contributed by atoms with Crippen molar-refractivity contribution in [3.05, 3.63) is 102 Å². The first-order chi connectivity index (χ1) is 13.2. The van der Waals surface area contributed by atoms with Crippen molar-refractivity contribution in [1.29, 1.82) is 0 Å². The van der Waals surface area contributed by atoms with Gasteiger partial charge in [0.25, 0.3) is 0 Å². The Labute approximate surface area is 161 Å². The molecule has 0 heterocycles. The summed E-state index contributed by atoms with van der Waals surface area (Å²) in [5.74, 6) is 0. The summed E-state index contributed by atoms with van der Waals surface area (Å²) in [6.07, 6.45) is 5.40. The van der Waals surface area contributed by atoms with Gasteiger partial charge in [-0.3, -0.25) is 0 Å². The predicted octanol–water partition coefficient (Wildman–Crippen LogP) is 6.77. The lowest BCUT2D eigenvalue weighted by molar-refractivity contribution is 1.19. The number of benzene rings is 3. The van der Waals surface area contributed by atoms with Gasteiger partial charge in [-0.2, -0.15) is 0 Å². The van der Waals surface area contributed by atoms with Crippen LogP contribution in [0.5, 0.6) is 0 Å². The Morgan fingerprint density at radius 1 is 0.815 bits per heavy atom. The number of anilines is 3. The maximum absolute atomic E-state index is 3.61. The summed E-state index contributed by atoms with van der Waals surface area (Å²) in [5.41, 5.74) is 8.47. The summed E-state index contributed by atoms with van der Waals surface area (Å²) in [6, 6.07) is 27.7. The van der Waals surface area contributed by atoms with Crippen LogP contribution in [0.25, 0.3) is 11.1 Å². The number of hydrogen-bond acceptors (Lipinski definition) is 2. The van der Waals surface area contributed by atoms with Crippen LogP contribution in [0.15, 0.2) is 102 Å². The molecule has 0 saturated carbocycles. The molecule has 27 heavy (non-hydrogen) atoms. The van der Waals surface area contributed by atoms with Gasteiger partial charge in [-0.25, -0.2) is 0 Å². The van der Waals surface area contributed by atoms with Gasteiger partial charge in [-0.1, -0.05) is 60.7 Å². The molecular weight excluding hydrogens is 328 g/mol. The third-order valence-electron chi connectivity index (χ3n) is 5.04. The molecule has 4 rings (SSSR count). The normalized spacial score (nSPS) is 13.1. The summed E-state index contributed by atoms with van der Waals surface area (Å²) in [5, 5.41) is 3.61. The highest BCUT2D eigenvalue weighted by atomic mass is 15.1. The van der Waals surface area contributed by atoms with Gasteiger partial charge in [0.1, 0.15) is 0 Å². The van der Waals surface area contributed by atoms with Crippen molar-refractivity contribution in [2.24, 2.45) is 0 Å². The summed E-state index contributed by atoms with van der Waals surface area (Å²) in [4.78, 5) is 2.24. The maximum Gasteiger partial charge on any atom is 0.0647 e. The van der Waals surface area contributed by atoms with Crippen molar-refractivity contribution in [3.8, 4) is 11.1 Å². The first-order valence-electron chi connectivity index (χ1n) is 9.34. The van der Waals surface area contributed by atoms with E-state index in [2.05, 4.69) is 115 Å². The zero-order valence-electron chi connectivity index (χ0n) is 15.8. The monoisotopic (exact) mass is 352 g/mol. The van der Waals surface area contributed by atoms with E-state index < -0.39 is 0 Å². The molecule has 0 saturated heterocycles. The van der Waals surface area contributed by atoms with Crippen molar-refractivity contribution in [2.75, 3.05) is 17.3 Å². The zero-order chi connectivity index (χ0) is 18.6. The van der Waals surface area contributed by atoms with Gasteiger partial charge in [-0.15, -0.1) is 0 Å². The molecular formula is C25H24N2. The number of nitrogens with zero attached hydrogens (tertiary/aromatic N) is 1. The molecule has 0 aromatic heterocycles. The van der Waals surface area contributed by atoms with Gasteiger partial charge in [-0.05, 0) is 60.4 Å². The first-order valence-corrected chi connectivity index (χ1v) is 9.34. The van der Waals surface area contributed by atoms with E-state index in [0.717, 1.165) is 17.8 Å². The SMILES string of the molecule is CC1=C(Nc2ccccc2N(C)c2cccc(-c3ccccc3)c2)C=CC1. The standard InChI is InChI=1S/C25H24N2/c1-19-10-8-16-23(19)26-24-15-6-7-17-25(24)27(2)22-14-9-13-21(18-22)20-11-4-3-5-12-20/h3-9,11-18,26H,10H2,1-2H3. The van der Waals surface area contributed by atoms with Crippen LogP contribution in [-0.2, 0) is 0 Å². The van der Waals surface area contributed by atoms with Crippen molar-refractivity contribution >= 4 is 17.1 Å². The molecule has 1 N–H and O–H groups in total. The lowest BCUT2D eigenvalue weighted by Crippen LogP contribution is -2.12. The Kier molecular flexibility index (Phi) is 4.80. The molecule has 0 radical (unpaired) electrons. The fourth-order valence-electron chi connectivity index (χ4n) is 3.43. The smallest absolute Gasteiger partial charge is 0.0647 e. The number of nitrogens with one attached hydrogen (secondary N) is 1. The minimum absolute atomic E-state index is 1.03.